The number of nitrogens with zero attached hydrogens (tertiary/aromatic N) is 2. The maximum atomic E-state index is 10.9. The Balaban J connectivity index is 1.76. The van der Waals surface area contributed by atoms with Gasteiger partial charge in [-0.3, -0.25) is 4.79 Å². The smallest absolute Gasteiger partial charge is 0.221 e. The number of hydrogen-bond acceptors (Lipinski definition) is 5. The van der Waals surface area contributed by atoms with Crippen LogP contribution in [0.3, 0.4) is 0 Å². The van der Waals surface area contributed by atoms with Crippen molar-refractivity contribution in [2.24, 2.45) is 5.73 Å². The van der Waals surface area contributed by atoms with Crippen molar-refractivity contribution in [3.05, 3.63) is 59.7 Å². The molecule has 6 heteroatoms. The molecule has 1 aromatic carbocycles. The fourth-order valence-electron chi connectivity index (χ4n) is 2.04. The molecule has 0 atom stereocenters. The molecule has 0 saturated heterocycles. The van der Waals surface area contributed by atoms with E-state index in [0.29, 0.717) is 0 Å². The van der Waals surface area contributed by atoms with Crippen molar-refractivity contribution in [2.75, 3.05) is 5.32 Å². The van der Waals surface area contributed by atoms with Crippen LogP contribution in [0.25, 0.3) is 10.6 Å². The van der Waals surface area contributed by atoms with Gasteiger partial charge in [0.1, 0.15) is 12.1 Å². The lowest BCUT2D eigenvalue weighted by atomic mass is 10.1. The van der Waals surface area contributed by atoms with Crippen molar-refractivity contribution in [3.8, 4) is 10.6 Å². The number of aromatic nitrogens is 2. The average molecular weight is 310 g/mol. The van der Waals surface area contributed by atoms with E-state index in [2.05, 4.69) is 15.3 Å². The van der Waals surface area contributed by atoms with Gasteiger partial charge >= 0.3 is 0 Å². The average Bonchev–Trinajstić information content (AvgIpc) is 3.03. The van der Waals surface area contributed by atoms with Crippen LogP contribution in [0.4, 0.5) is 11.5 Å². The third-order valence-electron chi connectivity index (χ3n) is 3.05. The zero-order valence-corrected chi connectivity index (χ0v) is 12.5. The molecular weight excluding hydrogens is 296 g/mol. The number of carbonyl (C=O) groups excluding carboxylic acids is 1. The van der Waals surface area contributed by atoms with Gasteiger partial charge in [0.15, 0.2) is 0 Å². The molecule has 0 unspecified atom stereocenters. The maximum Gasteiger partial charge on any atom is 0.221 e. The summed E-state index contributed by atoms with van der Waals surface area (Å²) >= 11 is 1.64. The number of thiophene rings is 1. The molecule has 0 radical (unpaired) electrons. The Morgan fingerprint density at radius 1 is 1.18 bits per heavy atom. The van der Waals surface area contributed by atoms with E-state index in [1.165, 1.54) is 0 Å². The van der Waals surface area contributed by atoms with Crippen LogP contribution < -0.4 is 11.1 Å². The minimum absolute atomic E-state index is 0.246. The SMILES string of the molecule is NC(=O)Cc1ccc(Nc2cc(-c3cccs3)ncn2)cc1. The summed E-state index contributed by atoms with van der Waals surface area (Å²) in [5.74, 6) is 0.387. The number of carbonyl (C=O) groups is 1. The molecule has 0 bridgehead atoms. The van der Waals surface area contributed by atoms with Gasteiger partial charge in [0, 0.05) is 11.8 Å². The highest BCUT2D eigenvalue weighted by Crippen LogP contribution is 2.24. The summed E-state index contributed by atoms with van der Waals surface area (Å²) in [6, 6.07) is 13.4. The molecule has 3 rings (SSSR count). The fraction of sp³-hybridized carbons (Fsp3) is 0.0625. The van der Waals surface area contributed by atoms with Gasteiger partial charge in [-0.15, -0.1) is 11.3 Å². The number of benzene rings is 1. The van der Waals surface area contributed by atoms with Crippen LogP contribution >= 0.6 is 11.3 Å². The van der Waals surface area contributed by atoms with E-state index in [1.54, 1.807) is 17.7 Å². The molecule has 1 amide bonds. The topological polar surface area (TPSA) is 80.9 Å². The van der Waals surface area contributed by atoms with Crippen LogP contribution in [0.1, 0.15) is 5.56 Å². The first-order valence-corrected chi connectivity index (χ1v) is 7.59. The summed E-state index contributed by atoms with van der Waals surface area (Å²) in [7, 11) is 0. The molecule has 0 aliphatic carbocycles. The van der Waals surface area contributed by atoms with Crippen molar-refractivity contribution < 1.29 is 4.79 Å². The van der Waals surface area contributed by atoms with Gasteiger partial charge in [0.2, 0.25) is 5.91 Å². The second-order valence-electron chi connectivity index (χ2n) is 4.73. The van der Waals surface area contributed by atoms with Crippen molar-refractivity contribution in [3.63, 3.8) is 0 Å². The minimum Gasteiger partial charge on any atom is -0.369 e. The summed E-state index contributed by atoms with van der Waals surface area (Å²) in [5.41, 5.74) is 7.85. The number of amides is 1. The fourth-order valence-corrected chi connectivity index (χ4v) is 2.73. The molecule has 3 aromatic rings. The Hall–Kier alpha value is -2.73. The van der Waals surface area contributed by atoms with Gasteiger partial charge in [-0.05, 0) is 29.1 Å². The van der Waals surface area contributed by atoms with E-state index in [-0.39, 0.29) is 12.3 Å². The highest BCUT2D eigenvalue weighted by Gasteiger charge is 2.04. The van der Waals surface area contributed by atoms with Gasteiger partial charge < -0.3 is 11.1 Å². The lowest BCUT2D eigenvalue weighted by Crippen LogP contribution is -2.13. The van der Waals surface area contributed by atoms with E-state index in [9.17, 15) is 4.79 Å². The number of anilines is 2. The first kappa shape index (κ1) is 14.2. The van der Waals surface area contributed by atoms with Crippen molar-refractivity contribution in [1.82, 2.24) is 9.97 Å². The Bertz CT molecular complexity index is 769. The summed E-state index contributed by atoms with van der Waals surface area (Å²) in [6.07, 6.45) is 1.79. The van der Waals surface area contributed by atoms with E-state index in [0.717, 1.165) is 27.6 Å². The standard InChI is InChI=1S/C16H14N4OS/c17-15(21)8-11-3-5-12(6-4-11)20-16-9-13(18-10-19-16)14-2-1-7-22-14/h1-7,9-10H,8H2,(H2,17,21)(H,18,19,20). The maximum absolute atomic E-state index is 10.9. The monoisotopic (exact) mass is 310 g/mol. The van der Waals surface area contributed by atoms with Gasteiger partial charge in [-0.25, -0.2) is 9.97 Å². The predicted molar refractivity (Wildman–Crippen MR) is 88.0 cm³/mol. The molecule has 0 spiro atoms. The Morgan fingerprint density at radius 2 is 2.00 bits per heavy atom. The number of rotatable bonds is 5. The van der Waals surface area contributed by atoms with E-state index >= 15 is 0 Å². The highest BCUT2D eigenvalue weighted by molar-refractivity contribution is 7.13. The molecule has 2 heterocycles. The molecule has 3 N–H and O–H groups in total. The molecule has 0 fully saturated rings. The Kier molecular flexibility index (Phi) is 4.11. The van der Waals surface area contributed by atoms with E-state index < -0.39 is 0 Å². The second kappa shape index (κ2) is 6.36. The number of nitrogens with two attached hydrogens (primary N) is 1. The summed E-state index contributed by atoms with van der Waals surface area (Å²) < 4.78 is 0. The quantitative estimate of drug-likeness (QED) is 0.759. The third kappa shape index (κ3) is 3.48. The summed E-state index contributed by atoms with van der Waals surface area (Å²) in [4.78, 5) is 20.5. The molecule has 5 nitrogen and oxygen atoms in total. The largest absolute Gasteiger partial charge is 0.369 e. The van der Waals surface area contributed by atoms with Crippen LogP contribution in [0, 0.1) is 0 Å². The Morgan fingerprint density at radius 3 is 2.68 bits per heavy atom. The molecular formula is C16H14N4OS. The molecule has 2 aromatic heterocycles. The Labute approximate surface area is 131 Å². The van der Waals surface area contributed by atoms with Crippen LogP contribution in [-0.2, 0) is 11.2 Å². The van der Waals surface area contributed by atoms with Crippen molar-refractivity contribution >= 4 is 28.7 Å². The van der Waals surface area contributed by atoms with Gasteiger partial charge in [0.05, 0.1) is 17.0 Å². The van der Waals surface area contributed by atoms with Crippen LogP contribution in [0.5, 0.6) is 0 Å². The third-order valence-corrected chi connectivity index (χ3v) is 3.94. The molecule has 0 aliphatic heterocycles. The van der Waals surface area contributed by atoms with Crippen LogP contribution in [0.15, 0.2) is 54.2 Å². The minimum atomic E-state index is -0.336. The predicted octanol–water partition coefficient (Wildman–Crippen LogP) is 2.98. The first-order chi connectivity index (χ1) is 10.7. The normalized spacial score (nSPS) is 10.4. The molecule has 110 valence electrons. The zero-order valence-electron chi connectivity index (χ0n) is 11.7. The lowest BCUT2D eigenvalue weighted by Gasteiger charge is -2.07. The number of nitrogens with one attached hydrogen (secondary N) is 1. The lowest BCUT2D eigenvalue weighted by molar-refractivity contribution is -0.117. The molecule has 22 heavy (non-hydrogen) atoms. The summed E-state index contributed by atoms with van der Waals surface area (Å²) in [5, 5.41) is 5.24. The van der Waals surface area contributed by atoms with Gasteiger partial charge in [-0.2, -0.15) is 0 Å². The van der Waals surface area contributed by atoms with Crippen LogP contribution in [0.2, 0.25) is 0 Å². The van der Waals surface area contributed by atoms with Gasteiger partial charge in [0.25, 0.3) is 0 Å². The second-order valence-corrected chi connectivity index (χ2v) is 5.68. The summed E-state index contributed by atoms with van der Waals surface area (Å²) in [6.45, 7) is 0. The number of hydrogen-bond donors (Lipinski definition) is 2. The first-order valence-electron chi connectivity index (χ1n) is 6.71. The highest BCUT2D eigenvalue weighted by atomic mass is 32.1. The van der Waals surface area contributed by atoms with Crippen LogP contribution in [-0.4, -0.2) is 15.9 Å². The molecule has 0 saturated carbocycles. The van der Waals surface area contributed by atoms with E-state index in [4.69, 9.17) is 5.73 Å². The van der Waals surface area contributed by atoms with Gasteiger partial charge in [-0.1, -0.05) is 18.2 Å². The van der Waals surface area contributed by atoms with E-state index in [1.807, 2.05) is 47.8 Å². The number of primary amides is 1. The van der Waals surface area contributed by atoms with Crippen molar-refractivity contribution in [2.45, 2.75) is 6.42 Å². The van der Waals surface area contributed by atoms with Crippen molar-refractivity contribution in [1.29, 1.82) is 0 Å². The zero-order chi connectivity index (χ0) is 15.4. The molecule has 0 aliphatic rings.